The van der Waals surface area contributed by atoms with Crippen LogP contribution in [0.4, 0.5) is 13.2 Å². The van der Waals surface area contributed by atoms with Gasteiger partial charge < -0.3 is 9.84 Å². The van der Waals surface area contributed by atoms with Crippen LogP contribution in [0.3, 0.4) is 0 Å². The van der Waals surface area contributed by atoms with Gasteiger partial charge in [-0.05, 0) is 24.1 Å². The molecule has 0 radical (unpaired) electrons. The lowest BCUT2D eigenvalue weighted by Crippen LogP contribution is -2.21. The molecule has 19 heavy (non-hydrogen) atoms. The van der Waals surface area contributed by atoms with Crippen LogP contribution in [0.15, 0.2) is 24.3 Å². The van der Waals surface area contributed by atoms with Crippen LogP contribution in [0, 0.1) is 0 Å². The van der Waals surface area contributed by atoms with E-state index in [0.29, 0.717) is 13.1 Å². The Hall–Kier alpha value is -1.27. The number of rotatable bonds is 4. The van der Waals surface area contributed by atoms with Crippen molar-refractivity contribution in [3.8, 4) is 5.75 Å². The van der Waals surface area contributed by atoms with Gasteiger partial charge >= 0.3 is 6.18 Å². The van der Waals surface area contributed by atoms with Gasteiger partial charge in [-0.3, -0.25) is 4.90 Å². The highest BCUT2D eigenvalue weighted by molar-refractivity contribution is 5.28. The molecule has 0 aliphatic carbocycles. The molecular weight excluding hydrogens is 259 g/mol. The van der Waals surface area contributed by atoms with Crippen LogP contribution in [-0.2, 0) is 6.54 Å². The van der Waals surface area contributed by atoms with Crippen molar-refractivity contribution in [1.29, 1.82) is 0 Å². The topological polar surface area (TPSA) is 32.7 Å². The zero-order valence-corrected chi connectivity index (χ0v) is 10.4. The summed E-state index contributed by atoms with van der Waals surface area (Å²) < 4.78 is 40.9. The number of benzene rings is 1. The number of aliphatic hydroxyl groups is 1. The standard InChI is InChI=1S/C13H16F3NO2/c14-13(15,16)9-19-12-3-1-2-10(6-12)7-17-5-4-11(18)8-17/h1-3,6,11,18H,4-5,7-9H2/t11-/m1/s1. The Morgan fingerprint density at radius 2 is 2.16 bits per heavy atom. The lowest BCUT2D eigenvalue weighted by molar-refractivity contribution is -0.153. The van der Waals surface area contributed by atoms with Gasteiger partial charge in [0.2, 0.25) is 0 Å². The number of aliphatic hydroxyl groups excluding tert-OH is 1. The third-order valence-electron chi connectivity index (χ3n) is 2.95. The molecule has 1 saturated heterocycles. The molecule has 0 saturated carbocycles. The Morgan fingerprint density at radius 1 is 1.37 bits per heavy atom. The second-order valence-corrected chi connectivity index (χ2v) is 4.73. The fourth-order valence-electron chi connectivity index (χ4n) is 2.11. The van der Waals surface area contributed by atoms with Crippen molar-refractivity contribution in [3.63, 3.8) is 0 Å². The first-order chi connectivity index (χ1) is 8.92. The summed E-state index contributed by atoms with van der Waals surface area (Å²) in [6.07, 6.45) is -3.89. The number of hydrogen-bond acceptors (Lipinski definition) is 3. The molecule has 6 heteroatoms. The quantitative estimate of drug-likeness (QED) is 0.914. The summed E-state index contributed by atoms with van der Waals surface area (Å²) in [4.78, 5) is 2.06. The predicted octanol–water partition coefficient (Wildman–Crippen LogP) is 2.19. The molecule has 1 fully saturated rings. The first-order valence-electron chi connectivity index (χ1n) is 6.11. The minimum Gasteiger partial charge on any atom is -0.484 e. The fourth-order valence-corrected chi connectivity index (χ4v) is 2.11. The molecule has 1 aromatic rings. The van der Waals surface area contributed by atoms with Gasteiger partial charge in [0, 0.05) is 19.6 Å². The molecule has 0 aromatic heterocycles. The number of nitrogens with zero attached hydrogens (tertiary/aromatic N) is 1. The van der Waals surface area contributed by atoms with E-state index in [9.17, 15) is 18.3 Å². The maximum absolute atomic E-state index is 12.1. The van der Waals surface area contributed by atoms with Crippen LogP contribution in [0.5, 0.6) is 5.75 Å². The normalized spacial score (nSPS) is 20.7. The Labute approximate surface area is 109 Å². The number of halogens is 3. The molecule has 0 spiro atoms. The molecule has 106 valence electrons. The van der Waals surface area contributed by atoms with Crippen molar-refractivity contribution < 1.29 is 23.0 Å². The lowest BCUT2D eigenvalue weighted by atomic mass is 10.2. The minimum absolute atomic E-state index is 0.217. The number of hydrogen-bond donors (Lipinski definition) is 1. The van der Waals surface area contributed by atoms with E-state index in [2.05, 4.69) is 4.90 Å². The third-order valence-corrected chi connectivity index (χ3v) is 2.95. The Kier molecular flexibility index (Phi) is 4.31. The van der Waals surface area contributed by atoms with E-state index in [4.69, 9.17) is 4.74 Å². The average Bonchev–Trinajstić information content (AvgIpc) is 2.72. The highest BCUT2D eigenvalue weighted by Gasteiger charge is 2.28. The smallest absolute Gasteiger partial charge is 0.422 e. The molecule has 1 aromatic carbocycles. The molecule has 0 bridgehead atoms. The van der Waals surface area contributed by atoms with E-state index in [0.717, 1.165) is 18.5 Å². The van der Waals surface area contributed by atoms with Crippen molar-refractivity contribution in [3.05, 3.63) is 29.8 Å². The zero-order valence-electron chi connectivity index (χ0n) is 10.4. The monoisotopic (exact) mass is 275 g/mol. The molecule has 2 rings (SSSR count). The summed E-state index contributed by atoms with van der Waals surface area (Å²) in [5.74, 6) is 0.217. The van der Waals surface area contributed by atoms with Crippen LogP contribution in [0.25, 0.3) is 0 Å². The van der Waals surface area contributed by atoms with E-state index in [1.165, 1.54) is 6.07 Å². The first kappa shape index (κ1) is 14.1. The highest BCUT2D eigenvalue weighted by Crippen LogP contribution is 2.21. The molecular formula is C13H16F3NO2. The van der Waals surface area contributed by atoms with Gasteiger partial charge in [0.1, 0.15) is 5.75 Å². The summed E-state index contributed by atoms with van der Waals surface area (Å²) in [5.41, 5.74) is 0.883. The SMILES string of the molecule is O[C@@H]1CCN(Cc2cccc(OCC(F)(F)F)c2)C1. The molecule has 1 aliphatic heterocycles. The molecule has 3 nitrogen and oxygen atoms in total. The van der Waals surface area contributed by atoms with Crippen LogP contribution in [0.2, 0.25) is 0 Å². The van der Waals surface area contributed by atoms with Crippen molar-refractivity contribution >= 4 is 0 Å². The molecule has 1 aliphatic rings. The van der Waals surface area contributed by atoms with Crippen molar-refractivity contribution in [2.24, 2.45) is 0 Å². The number of ether oxygens (including phenoxy) is 1. The third kappa shape index (κ3) is 4.72. The van der Waals surface area contributed by atoms with Crippen molar-refractivity contribution in [2.45, 2.75) is 25.2 Å². The van der Waals surface area contributed by atoms with E-state index >= 15 is 0 Å². The second kappa shape index (κ2) is 5.79. The van der Waals surface area contributed by atoms with Gasteiger partial charge in [0.15, 0.2) is 6.61 Å². The summed E-state index contributed by atoms with van der Waals surface area (Å²) in [6, 6.07) is 6.63. The number of β-amino-alcohol motifs (C(OH)–C–C–N with tert-alkyl or cyclic N) is 1. The molecule has 1 N–H and O–H groups in total. The molecule has 0 unspecified atom stereocenters. The van der Waals surface area contributed by atoms with Crippen LogP contribution >= 0.6 is 0 Å². The Morgan fingerprint density at radius 3 is 2.79 bits per heavy atom. The first-order valence-corrected chi connectivity index (χ1v) is 6.11. The number of alkyl halides is 3. The van der Waals surface area contributed by atoms with Gasteiger partial charge in [-0.25, -0.2) is 0 Å². The van der Waals surface area contributed by atoms with Gasteiger partial charge in [-0.15, -0.1) is 0 Å². The van der Waals surface area contributed by atoms with E-state index in [-0.39, 0.29) is 11.9 Å². The largest absolute Gasteiger partial charge is 0.484 e. The summed E-state index contributed by atoms with van der Waals surface area (Å²) in [5, 5.41) is 9.41. The zero-order chi connectivity index (χ0) is 13.9. The summed E-state index contributed by atoms with van der Waals surface area (Å²) in [6.45, 7) is 0.738. The fraction of sp³-hybridized carbons (Fsp3) is 0.538. The van der Waals surface area contributed by atoms with E-state index in [1.54, 1.807) is 12.1 Å². The summed E-state index contributed by atoms with van der Waals surface area (Å²) >= 11 is 0. The van der Waals surface area contributed by atoms with Crippen molar-refractivity contribution in [2.75, 3.05) is 19.7 Å². The molecule has 1 atom stereocenters. The van der Waals surface area contributed by atoms with Crippen LogP contribution in [-0.4, -0.2) is 42.0 Å². The van der Waals surface area contributed by atoms with Crippen LogP contribution < -0.4 is 4.74 Å². The maximum Gasteiger partial charge on any atom is 0.422 e. The lowest BCUT2D eigenvalue weighted by Gasteiger charge is -2.16. The van der Waals surface area contributed by atoms with E-state index < -0.39 is 12.8 Å². The Balaban J connectivity index is 1.91. The maximum atomic E-state index is 12.1. The van der Waals surface area contributed by atoms with Gasteiger partial charge in [-0.1, -0.05) is 12.1 Å². The number of likely N-dealkylation sites (tertiary alicyclic amines) is 1. The predicted molar refractivity (Wildman–Crippen MR) is 63.9 cm³/mol. The highest BCUT2D eigenvalue weighted by atomic mass is 19.4. The van der Waals surface area contributed by atoms with Gasteiger partial charge in [0.25, 0.3) is 0 Å². The van der Waals surface area contributed by atoms with Crippen molar-refractivity contribution in [1.82, 2.24) is 4.90 Å². The summed E-state index contributed by atoms with van der Waals surface area (Å²) in [7, 11) is 0. The minimum atomic E-state index is -4.32. The van der Waals surface area contributed by atoms with Crippen LogP contribution in [0.1, 0.15) is 12.0 Å². The molecule has 1 heterocycles. The average molecular weight is 275 g/mol. The molecule has 0 amide bonds. The van der Waals surface area contributed by atoms with E-state index in [1.807, 2.05) is 6.07 Å². The van der Waals surface area contributed by atoms with Gasteiger partial charge in [0.05, 0.1) is 6.10 Å². The Bertz CT molecular complexity index is 423. The second-order valence-electron chi connectivity index (χ2n) is 4.73. The van der Waals surface area contributed by atoms with Gasteiger partial charge in [-0.2, -0.15) is 13.2 Å².